The maximum Gasteiger partial charge on any atom is 0.416 e. The van der Waals surface area contributed by atoms with Gasteiger partial charge in [0, 0.05) is 51.5 Å². The van der Waals surface area contributed by atoms with Crippen LogP contribution >= 0.6 is 0 Å². The van der Waals surface area contributed by atoms with E-state index >= 15 is 0 Å². The number of nitrogens with zero attached hydrogens (tertiary/aromatic N) is 3. The van der Waals surface area contributed by atoms with E-state index in [1.54, 1.807) is 6.07 Å². The summed E-state index contributed by atoms with van der Waals surface area (Å²) in [5, 5.41) is 0. The van der Waals surface area contributed by atoms with E-state index in [9.17, 15) is 13.2 Å². The van der Waals surface area contributed by atoms with Crippen molar-refractivity contribution in [3.05, 3.63) is 29.3 Å². The maximum absolute atomic E-state index is 13.5. The summed E-state index contributed by atoms with van der Waals surface area (Å²) in [5.41, 5.74) is 0.639. The molecule has 0 aromatic heterocycles. The zero-order chi connectivity index (χ0) is 17.2. The van der Waals surface area contributed by atoms with E-state index in [4.69, 9.17) is 0 Å². The molecular weight excluding hydrogens is 315 g/mol. The van der Waals surface area contributed by atoms with Crippen molar-refractivity contribution in [3.63, 3.8) is 0 Å². The zero-order valence-electron chi connectivity index (χ0n) is 14.3. The molecule has 0 bridgehead atoms. The SMILES string of the molecule is CCN1CCN(Cc2ccc(N3CCCC3)cc2C(F)(F)F)CC1. The number of halogens is 3. The molecule has 3 nitrogen and oxygen atoms in total. The van der Waals surface area contributed by atoms with Crippen LogP contribution in [0.15, 0.2) is 18.2 Å². The Kier molecular flexibility index (Phi) is 5.35. The standard InChI is InChI=1S/C18H26F3N3/c1-2-22-9-11-23(12-10-22)14-15-5-6-16(24-7-3-4-8-24)13-17(15)18(19,20)21/h5-6,13H,2-4,7-12,14H2,1H3. The van der Waals surface area contributed by atoms with Gasteiger partial charge in [-0.3, -0.25) is 4.90 Å². The van der Waals surface area contributed by atoms with Crippen molar-refractivity contribution in [1.82, 2.24) is 9.80 Å². The highest BCUT2D eigenvalue weighted by Crippen LogP contribution is 2.36. The van der Waals surface area contributed by atoms with Crippen LogP contribution in [0.3, 0.4) is 0 Å². The number of benzene rings is 1. The molecule has 0 spiro atoms. The number of piperazine rings is 1. The Hall–Kier alpha value is -1.27. The minimum absolute atomic E-state index is 0.382. The van der Waals surface area contributed by atoms with Crippen molar-refractivity contribution in [3.8, 4) is 0 Å². The van der Waals surface area contributed by atoms with Gasteiger partial charge < -0.3 is 9.80 Å². The fraction of sp³-hybridized carbons (Fsp3) is 0.667. The third-order valence-corrected chi connectivity index (χ3v) is 5.18. The molecule has 2 aliphatic heterocycles. The van der Waals surface area contributed by atoms with E-state index in [0.717, 1.165) is 58.7 Å². The number of alkyl halides is 3. The fourth-order valence-corrected chi connectivity index (χ4v) is 3.64. The van der Waals surface area contributed by atoms with Crippen LogP contribution in [0.1, 0.15) is 30.9 Å². The molecule has 0 amide bonds. The smallest absolute Gasteiger partial charge is 0.372 e. The average molecular weight is 341 g/mol. The van der Waals surface area contributed by atoms with Gasteiger partial charge in [-0.05, 0) is 37.1 Å². The minimum atomic E-state index is -4.30. The lowest BCUT2D eigenvalue weighted by Gasteiger charge is -2.34. The highest BCUT2D eigenvalue weighted by molar-refractivity contribution is 5.52. The molecular formula is C18H26F3N3. The second-order valence-corrected chi connectivity index (χ2v) is 6.74. The third kappa shape index (κ3) is 4.03. The molecule has 0 atom stereocenters. The summed E-state index contributed by atoms with van der Waals surface area (Å²) in [5.74, 6) is 0. The Morgan fingerprint density at radius 1 is 0.917 bits per heavy atom. The molecule has 0 saturated carbocycles. The highest BCUT2D eigenvalue weighted by atomic mass is 19.4. The zero-order valence-corrected chi connectivity index (χ0v) is 14.3. The average Bonchev–Trinajstić information content (AvgIpc) is 3.09. The first-order valence-corrected chi connectivity index (χ1v) is 8.87. The number of rotatable bonds is 4. The first-order chi connectivity index (χ1) is 11.5. The van der Waals surface area contributed by atoms with Gasteiger partial charge in [0.15, 0.2) is 0 Å². The van der Waals surface area contributed by atoms with Gasteiger partial charge >= 0.3 is 6.18 Å². The van der Waals surface area contributed by atoms with Gasteiger partial charge in [0.1, 0.15) is 0 Å². The molecule has 6 heteroatoms. The van der Waals surface area contributed by atoms with Crippen molar-refractivity contribution in [2.24, 2.45) is 0 Å². The molecule has 0 unspecified atom stereocenters. The van der Waals surface area contributed by atoms with Gasteiger partial charge in [0.2, 0.25) is 0 Å². The van der Waals surface area contributed by atoms with Crippen molar-refractivity contribution in [2.45, 2.75) is 32.5 Å². The van der Waals surface area contributed by atoms with Crippen LogP contribution in [0.2, 0.25) is 0 Å². The predicted octanol–water partition coefficient (Wildman–Crippen LogP) is 3.44. The molecule has 134 valence electrons. The van der Waals surface area contributed by atoms with Crippen LogP contribution in [0, 0.1) is 0 Å². The Morgan fingerprint density at radius 3 is 2.12 bits per heavy atom. The van der Waals surface area contributed by atoms with Crippen molar-refractivity contribution >= 4 is 5.69 Å². The second-order valence-electron chi connectivity index (χ2n) is 6.74. The fourth-order valence-electron chi connectivity index (χ4n) is 3.64. The van der Waals surface area contributed by atoms with E-state index in [1.807, 2.05) is 6.07 Å². The quantitative estimate of drug-likeness (QED) is 0.831. The molecule has 0 N–H and O–H groups in total. The first kappa shape index (κ1) is 17.5. The Bertz CT molecular complexity index is 545. The summed E-state index contributed by atoms with van der Waals surface area (Å²) in [6.45, 7) is 8.75. The lowest BCUT2D eigenvalue weighted by atomic mass is 10.0. The number of hydrogen-bond acceptors (Lipinski definition) is 3. The van der Waals surface area contributed by atoms with Gasteiger partial charge in [-0.2, -0.15) is 13.2 Å². The minimum Gasteiger partial charge on any atom is -0.372 e. The Morgan fingerprint density at radius 2 is 1.54 bits per heavy atom. The van der Waals surface area contributed by atoms with Crippen LogP contribution in [0.5, 0.6) is 0 Å². The summed E-state index contributed by atoms with van der Waals surface area (Å²) in [6, 6.07) is 4.89. The Labute approximate surface area is 142 Å². The summed E-state index contributed by atoms with van der Waals surface area (Å²) in [6.07, 6.45) is -2.17. The lowest BCUT2D eigenvalue weighted by molar-refractivity contribution is -0.138. The predicted molar refractivity (Wildman–Crippen MR) is 90.3 cm³/mol. The number of hydrogen-bond donors (Lipinski definition) is 0. The Balaban J connectivity index is 1.76. The highest BCUT2D eigenvalue weighted by Gasteiger charge is 2.34. The van der Waals surface area contributed by atoms with Crippen molar-refractivity contribution < 1.29 is 13.2 Å². The largest absolute Gasteiger partial charge is 0.416 e. The molecule has 2 fully saturated rings. The van der Waals surface area contributed by atoms with Gasteiger partial charge in [-0.1, -0.05) is 13.0 Å². The van der Waals surface area contributed by atoms with Gasteiger partial charge in [-0.25, -0.2) is 0 Å². The maximum atomic E-state index is 13.5. The van der Waals surface area contributed by atoms with E-state index in [-0.39, 0.29) is 0 Å². The summed E-state index contributed by atoms with van der Waals surface area (Å²) >= 11 is 0. The number of likely N-dealkylation sites (N-methyl/N-ethyl adjacent to an activating group) is 1. The summed E-state index contributed by atoms with van der Waals surface area (Å²) < 4.78 is 40.6. The molecule has 1 aromatic carbocycles. The van der Waals surface area contributed by atoms with Gasteiger partial charge in [-0.15, -0.1) is 0 Å². The third-order valence-electron chi connectivity index (χ3n) is 5.18. The van der Waals surface area contributed by atoms with Gasteiger partial charge in [0.25, 0.3) is 0 Å². The molecule has 24 heavy (non-hydrogen) atoms. The monoisotopic (exact) mass is 341 g/mol. The molecule has 3 rings (SSSR count). The van der Waals surface area contributed by atoms with Crippen LogP contribution < -0.4 is 4.90 Å². The molecule has 1 aromatic rings. The molecule has 0 radical (unpaired) electrons. The van der Waals surface area contributed by atoms with E-state index in [0.29, 0.717) is 17.8 Å². The van der Waals surface area contributed by atoms with Crippen LogP contribution in [-0.4, -0.2) is 55.6 Å². The van der Waals surface area contributed by atoms with E-state index < -0.39 is 11.7 Å². The van der Waals surface area contributed by atoms with E-state index in [2.05, 4.69) is 21.6 Å². The van der Waals surface area contributed by atoms with E-state index in [1.165, 1.54) is 6.07 Å². The van der Waals surface area contributed by atoms with Gasteiger partial charge in [0.05, 0.1) is 5.56 Å². The normalized spacial score (nSPS) is 20.8. The molecule has 0 aliphatic carbocycles. The molecule has 2 saturated heterocycles. The second kappa shape index (κ2) is 7.31. The lowest BCUT2D eigenvalue weighted by Crippen LogP contribution is -2.45. The van der Waals surface area contributed by atoms with Crippen LogP contribution in [0.25, 0.3) is 0 Å². The number of anilines is 1. The summed E-state index contributed by atoms with van der Waals surface area (Å²) in [7, 11) is 0. The first-order valence-electron chi connectivity index (χ1n) is 8.87. The van der Waals surface area contributed by atoms with Crippen LogP contribution in [-0.2, 0) is 12.7 Å². The topological polar surface area (TPSA) is 9.72 Å². The van der Waals surface area contributed by atoms with Crippen molar-refractivity contribution in [1.29, 1.82) is 0 Å². The molecule has 2 aliphatic rings. The van der Waals surface area contributed by atoms with Crippen molar-refractivity contribution in [2.75, 3.05) is 50.7 Å². The summed E-state index contributed by atoms with van der Waals surface area (Å²) in [4.78, 5) is 6.52. The molecule has 2 heterocycles. The van der Waals surface area contributed by atoms with Crippen LogP contribution in [0.4, 0.5) is 18.9 Å².